The van der Waals surface area contributed by atoms with E-state index in [-0.39, 0.29) is 13.0 Å². The number of aldehydes is 1. The lowest BCUT2D eigenvalue weighted by molar-refractivity contribution is -0.139. The minimum Gasteiger partial charge on any atom is -0.496 e. The first-order valence-corrected chi connectivity index (χ1v) is 4.40. The van der Waals surface area contributed by atoms with Crippen molar-refractivity contribution >= 4 is 12.3 Å². The van der Waals surface area contributed by atoms with E-state index in [4.69, 9.17) is 9.47 Å². The maximum Gasteiger partial charge on any atom is 0.337 e. The summed E-state index contributed by atoms with van der Waals surface area (Å²) in [6.07, 6.45) is 4.06. The average molecular weight is 196 g/mol. The summed E-state index contributed by atoms with van der Waals surface area (Å²) in [5.74, 6) is -0.409. The summed E-state index contributed by atoms with van der Waals surface area (Å²) in [6, 6.07) is 0. The van der Waals surface area contributed by atoms with Crippen LogP contribution in [-0.4, -0.2) is 25.5 Å². The van der Waals surface area contributed by atoms with Crippen molar-refractivity contribution in [1.29, 1.82) is 0 Å². The van der Waals surface area contributed by atoms with Crippen LogP contribution in [0.2, 0.25) is 0 Å². The minimum absolute atomic E-state index is 0.179. The predicted molar refractivity (Wildman–Crippen MR) is 49.4 cm³/mol. The van der Waals surface area contributed by atoms with Gasteiger partial charge in [-0.05, 0) is 18.6 Å². The van der Waals surface area contributed by atoms with Gasteiger partial charge in [0.25, 0.3) is 0 Å². The Balaban J connectivity index is 2.82. The van der Waals surface area contributed by atoms with Crippen molar-refractivity contribution < 1.29 is 19.1 Å². The van der Waals surface area contributed by atoms with Gasteiger partial charge in [0, 0.05) is 6.42 Å². The van der Waals surface area contributed by atoms with Crippen molar-refractivity contribution in [3.63, 3.8) is 0 Å². The van der Waals surface area contributed by atoms with E-state index in [0.29, 0.717) is 17.8 Å². The molecule has 76 valence electrons. The molecule has 1 aliphatic heterocycles. The molecule has 0 aromatic rings. The largest absolute Gasteiger partial charge is 0.496 e. The molecule has 0 saturated carbocycles. The van der Waals surface area contributed by atoms with Gasteiger partial charge >= 0.3 is 5.97 Å². The summed E-state index contributed by atoms with van der Waals surface area (Å²) in [5.41, 5.74) is 1.10. The third-order valence-corrected chi connectivity index (χ3v) is 1.81. The van der Waals surface area contributed by atoms with E-state index in [1.54, 1.807) is 13.0 Å². The Labute approximate surface area is 82.2 Å². The number of carbonyl (C=O) groups is 2. The lowest BCUT2D eigenvalue weighted by atomic mass is 10.1. The zero-order valence-electron chi connectivity index (χ0n) is 7.99. The van der Waals surface area contributed by atoms with E-state index in [9.17, 15) is 9.59 Å². The predicted octanol–water partition coefficient (Wildman–Crippen LogP) is 0.979. The number of hydrogen-bond acceptors (Lipinski definition) is 4. The Kier molecular flexibility index (Phi) is 3.91. The molecule has 0 spiro atoms. The van der Waals surface area contributed by atoms with Crippen LogP contribution in [0, 0.1) is 0 Å². The fraction of sp³-hybridized carbons (Fsp3) is 0.400. The van der Waals surface area contributed by atoms with E-state index < -0.39 is 5.97 Å². The number of ether oxygens (including phenoxy) is 2. The fourth-order valence-electron chi connectivity index (χ4n) is 1.14. The second-order valence-corrected chi connectivity index (χ2v) is 2.71. The molecule has 4 nitrogen and oxygen atoms in total. The van der Waals surface area contributed by atoms with Crippen LogP contribution < -0.4 is 0 Å². The first-order valence-electron chi connectivity index (χ1n) is 4.40. The van der Waals surface area contributed by atoms with Gasteiger partial charge in [0.15, 0.2) is 0 Å². The van der Waals surface area contributed by atoms with E-state index in [1.165, 1.54) is 6.26 Å². The molecular weight excluding hydrogens is 184 g/mol. The van der Waals surface area contributed by atoms with Crippen molar-refractivity contribution in [2.45, 2.75) is 13.3 Å². The van der Waals surface area contributed by atoms with Crippen LogP contribution in [0.15, 0.2) is 23.5 Å². The molecule has 4 heteroatoms. The lowest BCUT2D eigenvalue weighted by Crippen LogP contribution is -2.16. The van der Waals surface area contributed by atoms with Gasteiger partial charge in [0.2, 0.25) is 0 Å². The third kappa shape index (κ3) is 2.45. The molecule has 0 radical (unpaired) electrons. The average Bonchev–Trinajstić information content (AvgIpc) is 2.19. The first kappa shape index (κ1) is 10.5. The van der Waals surface area contributed by atoms with Gasteiger partial charge in [-0.2, -0.15) is 0 Å². The summed E-state index contributed by atoms with van der Waals surface area (Å²) in [4.78, 5) is 21.7. The van der Waals surface area contributed by atoms with Crippen molar-refractivity contribution in [2.75, 3.05) is 13.2 Å². The summed E-state index contributed by atoms with van der Waals surface area (Å²) in [7, 11) is 0. The quantitative estimate of drug-likeness (QED) is 0.496. The lowest BCUT2D eigenvalue weighted by Gasteiger charge is -2.13. The summed E-state index contributed by atoms with van der Waals surface area (Å²) >= 11 is 0. The number of allylic oxidation sites excluding steroid dienone is 2. The normalized spacial score (nSPS) is 14.9. The fourth-order valence-corrected chi connectivity index (χ4v) is 1.14. The Morgan fingerprint density at radius 2 is 2.50 bits per heavy atom. The highest BCUT2D eigenvalue weighted by Crippen LogP contribution is 2.16. The Bertz CT molecular complexity index is 288. The summed E-state index contributed by atoms with van der Waals surface area (Å²) in [6.45, 7) is 2.23. The molecule has 0 fully saturated rings. The number of rotatable bonds is 4. The Hall–Kier alpha value is -1.58. The van der Waals surface area contributed by atoms with Gasteiger partial charge in [-0.1, -0.05) is 0 Å². The first-order chi connectivity index (χ1) is 6.79. The molecule has 1 rings (SSSR count). The summed E-state index contributed by atoms with van der Waals surface area (Å²) in [5, 5.41) is 0. The van der Waals surface area contributed by atoms with Crippen LogP contribution in [0.4, 0.5) is 0 Å². The molecule has 0 aromatic heterocycles. The third-order valence-electron chi connectivity index (χ3n) is 1.81. The highest BCUT2D eigenvalue weighted by Gasteiger charge is 2.17. The van der Waals surface area contributed by atoms with Crippen LogP contribution in [0.25, 0.3) is 0 Å². The van der Waals surface area contributed by atoms with Gasteiger partial charge in [-0.15, -0.1) is 0 Å². The highest BCUT2D eigenvalue weighted by molar-refractivity contribution is 5.91. The van der Waals surface area contributed by atoms with Crippen molar-refractivity contribution in [3.05, 3.63) is 23.5 Å². The van der Waals surface area contributed by atoms with Crippen molar-refractivity contribution in [2.24, 2.45) is 0 Å². The van der Waals surface area contributed by atoms with E-state index >= 15 is 0 Å². The van der Waals surface area contributed by atoms with Gasteiger partial charge in [-0.3, -0.25) is 0 Å². The Morgan fingerprint density at radius 3 is 3.14 bits per heavy atom. The van der Waals surface area contributed by atoms with Gasteiger partial charge in [0.1, 0.15) is 12.9 Å². The van der Waals surface area contributed by atoms with Gasteiger partial charge in [-0.25, -0.2) is 4.79 Å². The van der Waals surface area contributed by atoms with Crippen LogP contribution in [0.3, 0.4) is 0 Å². The second kappa shape index (κ2) is 5.21. The van der Waals surface area contributed by atoms with E-state index in [0.717, 1.165) is 6.29 Å². The molecule has 0 atom stereocenters. The number of esters is 1. The molecule has 1 heterocycles. The maximum absolute atomic E-state index is 11.4. The maximum atomic E-state index is 11.4. The van der Waals surface area contributed by atoms with E-state index in [2.05, 4.69) is 0 Å². The molecule has 0 N–H and O–H groups in total. The smallest absolute Gasteiger partial charge is 0.337 e. The van der Waals surface area contributed by atoms with Crippen LogP contribution in [0.5, 0.6) is 0 Å². The van der Waals surface area contributed by atoms with Crippen molar-refractivity contribution in [1.82, 2.24) is 0 Å². The molecule has 14 heavy (non-hydrogen) atoms. The molecular formula is C10H12O4. The van der Waals surface area contributed by atoms with E-state index in [1.807, 2.05) is 0 Å². The molecule has 0 unspecified atom stereocenters. The van der Waals surface area contributed by atoms with Crippen LogP contribution in [-0.2, 0) is 19.1 Å². The molecule has 1 aliphatic rings. The minimum atomic E-state index is -0.409. The molecule has 0 aliphatic carbocycles. The summed E-state index contributed by atoms with van der Waals surface area (Å²) < 4.78 is 9.80. The molecule has 0 aromatic carbocycles. The Morgan fingerprint density at radius 1 is 1.71 bits per heavy atom. The highest BCUT2D eigenvalue weighted by atomic mass is 16.5. The molecule has 0 amide bonds. The SMILES string of the molecule is CCOC(=O)C1=C(CC=O)C=COC1. The van der Waals surface area contributed by atoms with Gasteiger partial charge < -0.3 is 14.3 Å². The van der Waals surface area contributed by atoms with Gasteiger partial charge in [0.05, 0.1) is 18.4 Å². The molecule has 0 bridgehead atoms. The number of hydrogen-bond donors (Lipinski definition) is 0. The zero-order chi connectivity index (χ0) is 10.4. The monoisotopic (exact) mass is 196 g/mol. The second-order valence-electron chi connectivity index (χ2n) is 2.71. The number of carbonyl (C=O) groups excluding carboxylic acids is 2. The molecule has 0 saturated heterocycles. The standard InChI is InChI=1S/C10H12O4/c1-2-14-10(12)9-7-13-6-4-8(9)3-5-11/h4-6H,2-3,7H2,1H3. The van der Waals surface area contributed by atoms with Crippen LogP contribution in [0.1, 0.15) is 13.3 Å². The van der Waals surface area contributed by atoms with Crippen LogP contribution >= 0.6 is 0 Å². The topological polar surface area (TPSA) is 52.6 Å². The zero-order valence-corrected chi connectivity index (χ0v) is 7.99. The van der Waals surface area contributed by atoms with Crippen molar-refractivity contribution in [3.8, 4) is 0 Å².